The largest absolute Gasteiger partial charge is 0.484 e. The van der Waals surface area contributed by atoms with Crippen LogP contribution in [-0.4, -0.2) is 38.9 Å². The molecule has 2 N–H and O–H groups in total. The number of halogens is 1. The molecule has 0 saturated heterocycles. The van der Waals surface area contributed by atoms with Crippen molar-refractivity contribution in [1.29, 1.82) is 0 Å². The summed E-state index contributed by atoms with van der Waals surface area (Å²) in [6, 6.07) is 11.2. The molecule has 2 atom stereocenters. The van der Waals surface area contributed by atoms with Crippen LogP contribution < -0.4 is 19.5 Å². The van der Waals surface area contributed by atoms with Crippen molar-refractivity contribution in [3.8, 4) is 11.6 Å². The smallest absolute Gasteiger partial charge is 0.257 e. The zero-order chi connectivity index (χ0) is 18.6. The lowest BCUT2D eigenvalue weighted by atomic mass is 10.1. The molecule has 0 aliphatic carbocycles. The lowest BCUT2D eigenvalue weighted by Crippen LogP contribution is -2.38. The van der Waals surface area contributed by atoms with Gasteiger partial charge in [0.25, 0.3) is 5.88 Å². The number of nitrogens with one attached hydrogen (secondary N) is 2. The van der Waals surface area contributed by atoms with E-state index in [1.807, 2.05) is 43.3 Å². The van der Waals surface area contributed by atoms with Crippen molar-refractivity contribution in [3.05, 3.63) is 53.7 Å². The molecular formula is C18H24ClN3O4S. The van der Waals surface area contributed by atoms with E-state index in [0.29, 0.717) is 31.3 Å². The fraction of sp³-hybridized carbons (Fsp3) is 0.389. The van der Waals surface area contributed by atoms with Gasteiger partial charge in [-0.15, -0.1) is 12.4 Å². The monoisotopic (exact) mass is 413 g/mol. The van der Waals surface area contributed by atoms with Crippen LogP contribution in [0.5, 0.6) is 11.6 Å². The number of hydrogen-bond acceptors (Lipinski definition) is 6. The Kier molecular flexibility index (Phi) is 7.43. The number of pyridine rings is 1. The van der Waals surface area contributed by atoms with E-state index >= 15 is 0 Å². The summed E-state index contributed by atoms with van der Waals surface area (Å²) in [4.78, 5) is 4.16. The van der Waals surface area contributed by atoms with E-state index in [0.717, 1.165) is 17.4 Å². The van der Waals surface area contributed by atoms with Crippen LogP contribution in [0, 0.1) is 0 Å². The highest BCUT2D eigenvalue weighted by atomic mass is 35.5. The predicted molar refractivity (Wildman–Crippen MR) is 106 cm³/mol. The molecule has 7 nitrogen and oxygen atoms in total. The number of nitrogens with zero attached hydrogens (tertiary/aromatic N) is 1. The molecule has 0 spiro atoms. The average molecular weight is 414 g/mol. The van der Waals surface area contributed by atoms with Crippen LogP contribution in [0.25, 0.3) is 0 Å². The minimum Gasteiger partial charge on any atom is -0.484 e. The fourth-order valence-electron chi connectivity index (χ4n) is 2.74. The molecule has 2 aromatic rings. The minimum absolute atomic E-state index is 0. The summed E-state index contributed by atoms with van der Waals surface area (Å²) in [6.07, 6.45) is 2.75. The molecule has 1 aliphatic rings. The number of hydrogen-bond donors (Lipinski definition) is 2. The number of fused-ring (bicyclic) bond motifs is 1. The van der Waals surface area contributed by atoms with Gasteiger partial charge in [0.15, 0.2) is 5.75 Å². The molecule has 3 rings (SSSR count). The summed E-state index contributed by atoms with van der Waals surface area (Å²) in [5, 5.41) is 3.34. The molecule has 0 radical (unpaired) electrons. The van der Waals surface area contributed by atoms with E-state index in [2.05, 4.69) is 15.0 Å². The predicted octanol–water partition coefficient (Wildman–Crippen LogP) is 2.04. The third-order valence-electron chi connectivity index (χ3n) is 4.01. The van der Waals surface area contributed by atoms with Crippen molar-refractivity contribution < 1.29 is 17.9 Å². The molecule has 1 aliphatic heterocycles. The summed E-state index contributed by atoms with van der Waals surface area (Å²) < 4.78 is 36.6. The van der Waals surface area contributed by atoms with Crippen molar-refractivity contribution >= 4 is 22.4 Å². The number of sulfonamides is 1. The van der Waals surface area contributed by atoms with Crippen molar-refractivity contribution in [1.82, 2.24) is 15.0 Å². The first-order valence-corrected chi connectivity index (χ1v) is 10.3. The Hall–Kier alpha value is -1.87. The van der Waals surface area contributed by atoms with E-state index < -0.39 is 10.0 Å². The van der Waals surface area contributed by atoms with Gasteiger partial charge in [0.1, 0.15) is 12.7 Å². The van der Waals surface area contributed by atoms with Gasteiger partial charge in [0, 0.05) is 25.3 Å². The van der Waals surface area contributed by atoms with Crippen molar-refractivity contribution in [2.75, 3.05) is 19.4 Å². The molecule has 1 aromatic heterocycles. The number of rotatable bonds is 7. The molecule has 0 amide bonds. The molecule has 0 fully saturated rings. The Morgan fingerprint density at radius 1 is 1.26 bits per heavy atom. The molecule has 1 aromatic carbocycles. The van der Waals surface area contributed by atoms with Gasteiger partial charge in [0.05, 0.1) is 6.26 Å². The van der Waals surface area contributed by atoms with Gasteiger partial charge in [-0.05, 0) is 30.2 Å². The Morgan fingerprint density at radius 3 is 2.70 bits per heavy atom. The summed E-state index contributed by atoms with van der Waals surface area (Å²) in [5.41, 5.74) is 2.03. The van der Waals surface area contributed by atoms with Crippen molar-refractivity contribution in [2.24, 2.45) is 0 Å². The molecule has 27 heavy (non-hydrogen) atoms. The average Bonchev–Trinajstić information content (AvgIpc) is 2.61. The maximum Gasteiger partial charge on any atom is 0.257 e. The molecule has 0 saturated carbocycles. The zero-order valence-corrected chi connectivity index (χ0v) is 16.8. The SMILES string of the molecule is C[C@@H](NS(C)(=O)=O)c1ccc(CNC[C@H]2COc3cccnc3O2)cc1.Cl. The zero-order valence-electron chi connectivity index (χ0n) is 15.2. The first-order valence-electron chi connectivity index (χ1n) is 8.42. The highest BCUT2D eigenvalue weighted by Crippen LogP contribution is 2.28. The Labute approximate surface area is 165 Å². The standard InChI is InChI=1S/C18H23N3O4S.ClH/c1-13(21-26(2,22)23)15-7-5-14(6-8-15)10-19-11-16-12-24-17-4-3-9-20-18(17)25-16;/h3-9,13,16,19,21H,10-12H2,1-2H3;1H/t13-,16+;/m1./s1. The first kappa shape index (κ1) is 21.4. The Bertz CT molecular complexity index is 846. The van der Waals surface area contributed by atoms with Crippen molar-refractivity contribution in [3.63, 3.8) is 0 Å². The lowest BCUT2D eigenvalue weighted by Gasteiger charge is -2.25. The highest BCUT2D eigenvalue weighted by Gasteiger charge is 2.21. The third kappa shape index (κ3) is 6.35. The van der Waals surface area contributed by atoms with Gasteiger partial charge in [-0.2, -0.15) is 0 Å². The topological polar surface area (TPSA) is 89.6 Å². The number of benzene rings is 1. The van der Waals surface area contributed by atoms with Gasteiger partial charge in [-0.3, -0.25) is 0 Å². The lowest BCUT2D eigenvalue weighted by molar-refractivity contribution is 0.0843. The summed E-state index contributed by atoms with van der Waals surface area (Å²) in [6.45, 7) is 3.63. The molecule has 2 heterocycles. The van der Waals surface area contributed by atoms with Gasteiger partial charge in [-0.25, -0.2) is 18.1 Å². The van der Waals surface area contributed by atoms with Gasteiger partial charge < -0.3 is 14.8 Å². The van der Waals surface area contributed by atoms with Crippen LogP contribution in [0.15, 0.2) is 42.6 Å². The summed E-state index contributed by atoms with van der Waals surface area (Å²) >= 11 is 0. The maximum atomic E-state index is 11.3. The first-order chi connectivity index (χ1) is 12.4. The van der Waals surface area contributed by atoms with Gasteiger partial charge >= 0.3 is 0 Å². The quantitative estimate of drug-likeness (QED) is 0.722. The van der Waals surface area contributed by atoms with Gasteiger partial charge in [0.2, 0.25) is 10.0 Å². The highest BCUT2D eigenvalue weighted by molar-refractivity contribution is 7.88. The van der Waals surface area contributed by atoms with Crippen LogP contribution in [0.3, 0.4) is 0 Å². The van der Waals surface area contributed by atoms with Gasteiger partial charge in [-0.1, -0.05) is 24.3 Å². The van der Waals surface area contributed by atoms with Crippen molar-refractivity contribution in [2.45, 2.75) is 25.6 Å². The second-order valence-electron chi connectivity index (χ2n) is 6.34. The maximum absolute atomic E-state index is 11.3. The van der Waals surface area contributed by atoms with E-state index in [4.69, 9.17) is 9.47 Å². The second kappa shape index (κ2) is 9.36. The summed E-state index contributed by atoms with van der Waals surface area (Å²) in [5.74, 6) is 1.21. The third-order valence-corrected chi connectivity index (χ3v) is 4.79. The van der Waals surface area contributed by atoms with Crippen LogP contribution in [0.1, 0.15) is 24.1 Å². The van der Waals surface area contributed by atoms with E-state index in [1.54, 1.807) is 6.20 Å². The minimum atomic E-state index is -3.22. The van der Waals surface area contributed by atoms with Crippen LogP contribution >= 0.6 is 12.4 Å². The molecular weight excluding hydrogens is 390 g/mol. The Balaban J connectivity index is 0.00000261. The molecule has 9 heteroatoms. The molecule has 0 unspecified atom stereocenters. The number of aromatic nitrogens is 1. The molecule has 148 valence electrons. The van der Waals surface area contributed by atoms with Crippen LogP contribution in [0.2, 0.25) is 0 Å². The van der Waals surface area contributed by atoms with Crippen LogP contribution in [0.4, 0.5) is 0 Å². The fourth-order valence-corrected chi connectivity index (χ4v) is 3.52. The molecule has 0 bridgehead atoms. The van der Waals surface area contributed by atoms with E-state index in [9.17, 15) is 8.42 Å². The second-order valence-corrected chi connectivity index (χ2v) is 8.12. The van der Waals surface area contributed by atoms with E-state index in [-0.39, 0.29) is 24.6 Å². The number of ether oxygens (including phenoxy) is 2. The summed E-state index contributed by atoms with van der Waals surface area (Å²) in [7, 11) is -3.22. The van der Waals surface area contributed by atoms with Crippen LogP contribution in [-0.2, 0) is 16.6 Å². The Morgan fingerprint density at radius 2 is 2.00 bits per heavy atom. The normalized spacial score (nSPS) is 17.0. The van der Waals surface area contributed by atoms with E-state index in [1.165, 1.54) is 0 Å².